The Morgan fingerprint density at radius 3 is 2.61 bits per heavy atom. The second-order valence-corrected chi connectivity index (χ2v) is 5.70. The summed E-state index contributed by atoms with van der Waals surface area (Å²) in [5, 5.41) is 0. The number of thioether (sulfide) groups is 2. The third kappa shape index (κ3) is 5.96. The lowest BCUT2D eigenvalue weighted by atomic mass is 10.3. The molecule has 18 heavy (non-hydrogen) atoms. The molecule has 102 valence electrons. The number of hydrogen-bond acceptors (Lipinski definition) is 3. The highest BCUT2D eigenvalue weighted by molar-refractivity contribution is 8.18. The molecule has 0 amide bonds. The summed E-state index contributed by atoms with van der Waals surface area (Å²) in [5.74, 6) is 0. The third-order valence-corrected chi connectivity index (χ3v) is 4.80. The summed E-state index contributed by atoms with van der Waals surface area (Å²) in [6, 6.07) is 0. The predicted octanol–water partition coefficient (Wildman–Crippen LogP) is 5.66. The quantitative estimate of drug-likeness (QED) is 0.648. The van der Waals surface area contributed by atoms with Crippen LogP contribution < -0.4 is 0 Å². The fraction of sp³-hybridized carbons (Fsp3) is 0.533. The summed E-state index contributed by atoms with van der Waals surface area (Å²) in [5.41, 5.74) is 1.13. The second kappa shape index (κ2) is 11.7. The fourth-order valence-electron chi connectivity index (χ4n) is 1.39. The minimum absolute atomic E-state index is 0.688. The average molecular weight is 284 g/mol. The van der Waals surface area contributed by atoms with Gasteiger partial charge in [0.05, 0.1) is 10.3 Å². The maximum absolute atomic E-state index is 4.45. The zero-order valence-electron chi connectivity index (χ0n) is 12.1. The molecule has 2 heterocycles. The zero-order chi connectivity index (χ0) is 13.8. The largest absolute Gasteiger partial charge is 0.260 e. The molecule has 0 N–H and O–H groups in total. The fourth-order valence-corrected chi connectivity index (χ4v) is 3.28. The first-order chi connectivity index (χ1) is 8.90. The molecule has 0 bridgehead atoms. The monoisotopic (exact) mass is 283 g/mol. The zero-order valence-corrected chi connectivity index (χ0v) is 13.8. The van der Waals surface area contributed by atoms with Crippen molar-refractivity contribution in [3.8, 4) is 0 Å². The van der Waals surface area contributed by atoms with Crippen molar-refractivity contribution in [3.05, 3.63) is 34.9 Å². The van der Waals surface area contributed by atoms with E-state index in [1.165, 1.54) is 4.91 Å². The molecule has 0 aromatic rings. The molecule has 2 aliphatic rings. The van der Waals surface area contributed by atoms with Gasteiger partial charge in [-0.25, -0.2) is 0 Å². The van der Waals surface area contributed by atoms with Gasteiger partial charge in [-0.1, -0.05) is 45.9 Å². The van der Waals surface area contributed by atoms with E-state index in [1.54, 1.807) is 0 Å². The second-order valence-electron chi connectivity index (χ2n) is 3.11. The van der Waals surface area contributed by atoms with Gasteiger partial charge < -0.3 is 0 Å². The molecule has 0 saturated carbocycles. The standard InChI is InChI=1S/C11H13NS2.2C2H6/c1-13-11-7-6-10(14-11)9-5-3-2-4-8-12-9;2*1-2/h2-3,5-6,8,11H,4,7H2,1H3;2*1-2H3. The Balaban J connectivity index is 0.000000659. The molecule has 0 aromatic heterocycles. The molecule has 0 aliphatic carbocycles. The molecular weight excluding hydrogens is 258 g/mol. The van der Waals surface area contributed by atoms with E-state index < -0.39 is 0 Å². The molecule has 1 atom stereocenters. The molecule has 0 saturated heterocycles. The van der Waals surface area contributed by atoms with E-state index in [0.717, 1.165) is 18.5 Å². The first-order valence-corrected chi connectivity index (χ1v) is 8.86. The maximum Gasteiger partial charge on any atom is 0.0758 e. The number of aliphatic imine (C=N–C) groups is 1. The Bertz CT molecular complexity index is 327. The summed E-state index contributed by atoms with van der Waals surface area (Å²) >= 11 is 3.85. The van der Waals surface area contributed by atoms with Crippen molar-refractivity contribution in [2.45, 2.75) is 45.1 Å². The highest BCUT2D eigenvalue weighted by Gasteiger charge is 2.18. The van der Waals surface area contributed by atoms with Gasteiger partial charge >= 0.3 is 0 Å². The van der Waals surface area contributed by atoms with E-state index >= 15 is 0 Å². The number of hydrogen-bond donors (Lipinski definition) is 0. The van der Waals surface area contributed by atoms with Gasteiger partial charge in [-0.05, 0) is 18.8 Å². The van der Waals surface area contributed by atoms with E-state index in [9.17, 15) is 0 Å². The van der Waals surface area contributed by atoms with Crippen molar-refractivity contribution in [2.75, 3.05) is 6.26 Å². The van der Waals surface area contributed by atoms with Crippen LogP contribution in [0.15, 0.2) is 39.9 Å². The Hall–Kier alpha value is -0.410. The van der Waals surface area contributed by atoms with Crippen molar-refractivity contribution < 1.29 is 0 Å². The molecule has 1 unspecified atom stereocenters. The van der Waals surface area contributed by atoms with Crippen molar-refractivity contribution >= 4 is 29.7 Å². The van der Waals surface area contributed by atoms with Gasteiger partial charge in [0.2, 0.25) is 0 Å². The topological polar surface area (TPSA) is 12.4 Å². The van der Waals surface area contributed by atoms with E-state index in [-0.39, 0.29) is 0 Å². The first kappa shape index (κ1) is 17.6. The van der Waals surface area contributed by atoms with E-state index in [0.29, 0.717) is 4.58 Å². The van der Waals surface area contributed by atoms with Crippen LogP contribution in [0.5, 0.6) is 0 Å². The van der Waals surface area contributed by atoms with Crippen LogP contribution in [0.3, 0.4) is 0 Å². The van der Waals surface area contributed by atoms with Crippen LogP contribution in [0.25, 0.3) is 0 Å². The average Bonchev–Trinajstić information content (AvgIpc) is 2.78. The number of rotatable bonds is 2. The van der Waals surface area contributed by atoms with Gasteiger partial charge in [0.15, 0.2) is 0 Å². The first-order valence-electron chi connectivity index (χ1n) is 6.69. The maximum atomic E-state index is 4.45. The minimum atomic E-state index is 0.688. The molecule has 0 spiro atoms. The molecule has 2 rings (SSSR count). The van der Waals surface area contributed by atoms with Gasteiger partial charge in [-0.15, -0.1) is 11.8 Å². The van der Waals surface area contributed by atoms with Crippen LogP contribution in [0.1, 0.15) is 40.5 Å². The van der Waals surface area contributed by atoms with Crippen molar-refractivity contribution in [3.63, 3.8) is 0 Å². The molecular formula is C15H25NS2. The van der Waals surface area contributed by atoms with Crippen molar-refractivity contribution in [2.24, 2.45) is 4.99 Å². The smallest absolute Gasteiger partial charge is 0.0758 e. The van der Waals surface area contributed by atoms with Crippen LogP contribution in [-0.2, 0) is 0 Å². The summed E-state index contributed by atoms with van der Waals surface area (Å²) < 4.78 is 0.688. The molecule has 0 radical (unpaired) electrons. The normalized spacial score (nSPS) is 20.8. The summed E-state index contributed by atoms with van der Waals surface area (Å²) in [6.45, 7) is 8.00. The van der Waals surface area contributed by atoms with Crippen molar-refractivity contribution in [1.82, 2.24) is 0 Å². The Morgan fingerprint density at radius 1 is 1.28 bits per heavy atom. The van der Waals surface area contributed by atoms with Gasteiger partial charge in [0.1, 0.15) is 0 Å². The Labute approximate surface area is 121 Å². The number of nitrogens with zero attached hydrogens (tertiary/aromatic N) is 1. The van der Waals surface area contributed by atoms with Crippen LogP contribution in [0.2, 0.25) is 0 Å². The lowest BCUT2D eigenvalue weighted by Crippen LogP contribution is -1.86. The highest BCUT2D eigenvalue weighted by Crippen LogP contribution is 2.41. The molecule has 3 heteroatoms. The molecule has 2 aliphatic heterocycles. The molecule has 1 nitrogen and oxygen atoms in total. The van der Waals surface area contributed by atoms with Crippen molar-refractivity contribution in [1.29, 1.82) is 0 Å². The Morgan fingerprint density at radius 2 is 2.00 bits per heavy atom. The summed E-state index contributed by atoms with van der Waals surface area (Å²) in [7, 11) is 0. The third-order valence-electron chi connectivity index (χ3n) is 2.13. The van der Waals surface area contributed by atoms with Crippen LogP contribution in [0, 0.1) is 0 Å². The van der Waals surface area contributed by atoms with E-state index in [4.69, 9.17) is 0 Å². The lowest BCUT2D eigenvalue weighted by Gasteiger charge is -2.05. The summed E-state index contributed by atoms with van der Waals surface area (Å²) in [4.78, 5) is 5.79. The van der Waals surface area contributed by atoms with Gasteiger partial charge in [-0.3, -0.25) is 4.99 Å². The SMILES string of the molecule is CC.CC.CSC1CC=C(C2=CC=CCC=N2)S1. The van der Waals surface area contributed by atoms with E-state index in [2.05, 4.69) is 35.6 Å². The van der Waals surface area contributed by atoms with Gasteiger partial charge in [0.25, 0.3) is 0 Å². The van der Waals surface area contributed by atoms with Crippen LogP contribution in [0.4, 0.5) is 0 Å². The van der Waals surface area contributed by atoms with Gasteiger partial charge in [-0.2, -0.15) is 11.8 Å². The van der Waals surface area contributed by atoms with Crippen LogP contribution >= 0.6 is 23.5 Å². The van der Waals surface area contributed by atoms with Gasteiger partial charge in [0, 0.05) is 17.5 Å². The van der Waals surface area contributed by atoms with E-state index in [1.807, 2.05) is 57.4 Å². The van der Waals surface area contributed by atoms with Crippen LogP contribution in [-0.4, -0.2) is 17.1 Å². The number of allylic oxidation sites excluding steroid dienone is 4. The minimum Gasteiger partial charge on any atom is -0.260 e. The molecule has 0 aromatic carbocycles. The molecule has 0 fully saturated rings. The predicted molar refractivity (Wildman–Crippen MR) is 90.6 cm³/mol. The Kier molecular flexibility index (Phi) is 11.4. The summed E-state index contributed by atoms with van der Waals surface area (Å²) in [6.07, 6.45) is 14.9. The lowest BCUT2D eigenvalue weighted by molar-refractivity contribution is 1.20. The highest BCUT2D eigenvalue weighted by atomic mass is 32.2.